The van der Waals surface area contributed by atoms with Gasteiger partial charge in [-0.3, -0.25) is 19.7 Å². The van der Waals surface area contributed by atoms with Gasteiger partial charge in [-0.2, -0.15) is 0 Å². The molecule has 0 saturated carbocycles. The molecule has 1 amide bonds. The molecule has 2 aromatic carbocycles. The fraction of sp³-hybridized carbons (Fsp3) is 0.194. The molecule has 4 aromatic rings. The summed E-state index contributed by atoms with van der Waals surface area (Å²) >= 11 is 0. The van der Waals surface area contributed by atoms with Crippen molar-refractivity contribution in [3.63, 3.8) is 0 Å². The van der Waals surface area contributed by atoms with Gasteiger partial charge in [0.1, 0.15) is 0 Å². The third-order valence-corrected chi connectivity index (χ3v) is 5.91. The minimum absolute atomic E-state index is 0.00701. The van der Waals surface area contributed by atoms with Crippen molar-refractivity contribution in [1.82, 2.24) is 20.2 Å². The van der Waals surface area contributed by atoms with Gasteiger partial charge in [0, 0.05) is 50.2 Å². The van der Waals surface area contributed by atoms with Crippen LogP contribution in [0.4, 0.5) is 0 Å². The smallest absolute Gasteiger partial charge is 0.221 e. The third-order valence-electron chi connectivity index (χ3n) is 5.91. The highest BCUT2D eigenvalue weighted by Gasteiger charge is 2.17. The number of carbonyl (C=O) groups excluding carboxylic acids is 1. The van der Waals surface area contributed by atoms with Gasteiger partial charge < -0.3 is 5.32 Å². The molecule has 2 heterocycles. The highest BCUT2D eigenvalue weighted by molar-refractivity contribution is 5.77. The zero-order valence-corrected chi connectivity index (χ0v) is 20.3. The Labute approximate surface area is 213 Å². The van der Waals surface area contributed by atoms with Crippen molar-refractivity contribution in [2.45, 2.75) is 25.4 Å². The van der Waals surface area contributed by atoms with Crippen molar-refractivity contribution < 1.29 is 4.79 Å². The van der Waals surface area contributed by atoms with Crippen LogP contribution in [0.25, 0.3) is 0 Å². The number of carbonyl (C=O) groups is 1. The zero-order valence-electron chi connectivity index (χ0n) is 20.3. The van der Waals surface area contributed by atoms with Crippen molar-refractivity contribution in [2.75, 3.05) is 13.1 Å². The van der Waals surface area contributed by atoms with E-state index in [1.54, 1.807) is 24.8 Å². The molecule has 0 aliphatic rings. The monoisotopic (exact) mass is 474 g/mol. The Bertz CT molecular complexity index is 1170. The molecule has 0 spiro atoms. The molecule has 5 heteroatoms. The molecular formula is C31H30N4O. The molecule has 0 unspecified atom stereocenters. The number of rotatable bonds is 10. The fourth-order valence-corrected chi connectivity index (χ4v) is 4.09. The second kappa shape index (κ2) is 13.6. The van der Waals surface area contributed by atoms with E-state index in [-0.39, 0.29) is 11.8 Å². The number of aromatic nitrogens is 2. The number of pyridine rings is 2. The molecule has 1 N–H and O–H groups in total. The number of hydrogen-bond donors (Lipinski definition) is 1. The lowest BCUT2D eigenvalue weighted by Crippen LogP contribution is -2.26. The molecular weight excluding hydrogens is 444 g/mol. The van der Waals surface area contributed by atoms with E-state index >= 15 is 0 Å². The first kappa shape index (κ1) is 24.8. The standard InChI is InChI=1S/C31H30N4O/c36-31(23-30(28-9-3-1-4-10-28)29-11-5-2-6-12-29)34-17-7-8-22-35(24-26-13-18-32-19-14-26)25-27-15-20-33-21-16-27/h1-6,9-16,18-21,30H,17,22-25H2,(H,34,36). The topological polar surface area (TPSA) is 58.1 Å². The Hall–Kier alpha value is -4.27. The van der Waals surface area contributed by atoms with Gasteiger partial charge in [0.05, 0.1) is 13.1 Å². The number of nitrogens with zero attached hydrogens (tertiary/aromatic N) is 3. The van der Waals surface area contributed by atoms with E-state index in [0.29, 0.717) is 19.5 Å². The van der Waals surface area contributed by atoms with Crippen LogP contribution in [0.5, 0.6) is 0 Å². The minimum atomic E-state index is -0.00701. The lowest BCUT2D eigenvalue weighted by atomic mass is 9.88. The van der Waals surface area contributed by atoms with E-state index in [2.05, 4.69) is 56.3 Å². The Morgan fingerprint density at radius 1 is 0.722 bits per heavy atom. The van der Waals surface area contributed by atoms with E-state index in [1.165, 1.54) is 11.1 Å². The SMILES string of the molecule is O=C(CC(c1ccccc1)c1ccccc1)NCC#CCN(Cc1ccncc1)Cc1ccncc1. The average molecular weight is 475 g/mol. The summed E-state index contributed by atoms with van der Waals surface area (Å²) in [6, 6.07) is 28.4. The van der Waals surface area contributed by atoms with Crippen molar-refractivity contribution in [2.24, 2.45) is 0 Å². The van der Waals surface area contributed by atoms with Crippen LogP contribution < -0.4 is 5.32 Å². The van der Waals surface area contributed by atoms with Crippen molar-refractivity contribution in [1.29, 1.82) is 0 Å². The second-order valence-corrected chi connectivity index (χ2v) is 8.56. The summed E-state index contributed by atoms with van der Waals surface area (Å²) in [5.41, 5.74) is 4.63. The zero-order chi connectivity index (χ0) is 24.8. The summed E-state index contributed by atoms with van der Waals surface area (Å²) in [5, 5.41) is 2.98. The molecule has 5 nitrogen and oxygen atoms in total. The molecule has 180 valence electrons. The largest absolute Gasteiger partial charge is 0.345 e. The minimum Gasteiger partial charge on any atom is -0.345 e. The summed E-state index contributed by atoms with van der Waals surface area (Å²) < 4.78 is 0. The Morgan fingerprint density at radius 3 is 1.72 bits per heavy atom. The number of nitrogens with one attached hydrogen (secondary N) is 1. The lowest BCUT2D eigenvalue weighted by Gasteiger charge is -2.20. The molecule has 36 heavy (non-hydrogen) atoms. The third kappa shape index (κ3) is 7.90. The summed E-state index contributed by atoms with van der Waals surface area (Å²) in [5.74, 6) is 6.35. The first-order valence-electron chi connectivity index (χ1n) is 12.1. The van der Waals surface area contributed by atoms with Crippen molar-refractivity contribution in [3.8, 4) is 11.8 Å². The first-order chi connectivity index (χ1) is 17.8. The second-order valence-electron chi connectivity index (χ2n) is 8.56. The van der Waals surface area contributed by atoms with Crippen molar-refractivity contribution >= 4 is 5.91 Å². The number of hydrogen-bond acceptors (Lipinski definition) is 4. The molecule has 0 bridgehead atoms. The number of benzene rings is 2. The maximum Gasteiger partial charge on any atom is 0.221 e. The summed E-state index contributed by atoms with van der Waals surface area (Å²) in [7, 11) is 0. The Morgan fingerprint density at radius 2 is 1.22 bits per heavy atom. The first-order valence-corrected chi connectivity index (χ1v) is 12.1. The normalized spacial score (nSPS) is 10.6. The maximum atomic E-state index is 12.8. The molecule has 0 saturated heterocycles. The molecule has 0 radical (unpaired) electrons. The predicted molar refractivity (Wildman–Crippen MR) is 143 cm³/mol. The Balaban J connectivity index is 1.33. The molecule has 4 rings (SSSR count). The van der Waals surface area contributed by atoms with E-state index in [4.69, 9.17) is 0 Å². The van der Waals surface area contributed by atoms with E-state index in [1.807, 2.05) is 60.7 Å². The van der Waals surface area contributed by atoms with E-state index in [9.17, 15) is 4.79 Å². The maximum absolute atomic E-state index is 12.8. The summed E-state index contributed by atoms with van der Waals surface area (Å²) in [6.45, 7) is 2.45. The van der Waals surface area contributed by atoms with Crippen LogP contribution in [0.15, 0.2) is 110 Å². The van der Waals surface area contributed by atoms with Gasteiger partial charge >= 0.3 is 0 Å². The number of amides is 1. The van der Waals surface area contributed by atoms with Gasteiger partial charge in [-0.15, -0.1) is 0 Å². The fourth-order valence-electron chi connectivity index (χ4n) is 4.09. The predicted octanol–water partition coefficient (Wildman–Crippen LogP) is 4.82. The molecule has 0 atom stereocenters. The van der Waals surface area contributed by atoms with Gasteiger partial charge in [0.15, 0.2) is 0 Å². The summed E-state index contributed by atoms with van der Waals surface area (Å²) in [6.07, 6.45) is 7.60. The van der Waals surface area contributed by atoms with Crippen LogP contribution in [0.1, 0.15) is 34.6 Å². The highest BCUT2D eigenvalue weighted by atomic mass is 16.1. The van der Waals surface area contributed by atoms with Crippen LogP contribution in [-0.4, -0.2) is 33.9 Å². The van der Waals surface area contributed by atoms with Crippen LogP contribution in [0.2, 0.25) is 0 Å². The van der Waals surface area contributed by atoms with Gasteiger partial charge in [-0.25, -0.2) is 0 Å². The van der Waals surface area contributed by atoms with Crippen LogP contribution >= 0.6 is 0 Å². The average Bonchev–Trinajstić information content (AvgIpc) is 2.93. The summed E-state index contributed by atoms with van der Waals surface area (Å²) in [4.78, 5) is 23.2. The van der Waals surface area contributed by atoms with Crippen LogP contribution in [-0.2, 0) is 17.9 Å². The molecule has 0 fully saturated rings. The van der Waals surface area contributed by atoms with E-state index in [0.717, 1.165) is 24.2 Å². The molecule has 0 aliphatic heterocycles. The molecule has 2 aromatic heterocycles. The van der Waals surface area contributed by atoms with Gasteiger partial charge in [0.25, 0.3) is 0 Å². The van der Waals surface area contributed by atoms with E-state index < -0.39 is 0 Å². The lowest BCUT2D eigenvalue weighted by molar-refractivity contribution is -0.121. The quantitative estimate of drug-likeness (QED) is 0.335. The van der Waals surface area contributed by atoms with Gasteiger partial charge in [-0.1, -0.05) is 72.5 Å². The molecule has 0 aliphatic carbocycles. The van der Waals surface area contributed by atoms with Crippen LogP contribution in [0.3, 0.4) is 0 Å². The highest BCUT2D eigenvalue weighted by Crippen LogP contribution is 2.27. The van der Waals surface area contributed by atoms with Gasteiger partial charge in [0.2, 0.25) is 5.91 Å². The van der Waals surface area contributed by atoms with Crippen molar-refractivity contribution in [3.05, 3.63) is 132 Å². The van der Waals surface area contributed by atoms with Gasteiger partial charge in [-0.05, 0) is 46.5 Å². The van der Waals surface area contributed by atoms with Crippen LogP contribution in [0, 0.1) is 11.8 Å². The Kier molecular flexibility index (Phi) is 9.37.